The summed E-state index contributed by atoms with van der Waals surface area (Å²) >= 11 is 1.27. The molecular weight excluding hydrogens is 457 g/mol. The Morgan fingerprint density at radius 2 is 2.12 bits per heavy atom. The van der Waals surface area contributed by atoms with Crippen molar-refractivity contribution in [2.75, 3.05) is 37.0 Å². The zero-order valence-corrected chi connectivity index (χ0v) is 20.0. The van der Waals surface area contributed by atoms with Crippen molar-refractivity contribution < 1.29 is 13.9 Å². The van der Waals surface area contributed by atoms with Crippen molar-refractivity contribution in [2.45, 2.75) is 13.3 Å². The quantitative estimate of drug-likeness (QED) is 0.274. The second kappa shape index (κ2) is 10.2. The first-order chi connectivity index (χ1) is 16.4. The van der Waals surface area contributed by atoms with E-state index in [1.807, 2.05) is 24.9 Å². The number of ether oxygens (including phenoxy) is 1. The van der Waals surface area contributed by atoms with Crippen molar-refractivity contribution in [1.82, 2.24) is 14.5 Å². The monoisotopic (exact) mass is 483 g/mol. The molecule has 1 aromatic carbocycles. The van der Waals surface area contributed by atoms with Crippen molar-refractivity contribution in [3.8, 4) is 10.4 Å². The number of aromatic amines is 1. The Hall–Kier alpha value is -3.50. The number of carbonyl (C=O) groups is 1. The molecule has 3 aromatic heterocycles. The molecule has 1 amide bonds. The van der Waals surface area contributed by atoms with Gasteiger partial charge in [-0.3, -0.25) is 9.36 Å². The van der Waals surface area contributed by atoms with Gasteiger partial charge in [0.2, 0.25) is 5.95 Å². The molecule has 34 heavy (non-hydrogen) atoms. The molecule has 0 spiro atoms. The van der Waals surface area contributed by atoms with Gasteiger partial charge in [-0.15, -0.1) is 11.3 Å². The highest BCUT2D eigenvalue weighted by Gasteiger charge is 2.17. The molecule has 0 atom stereocenters. The number of H-pyrrole nitrogens is 1. The highest BCUT2D eigenvalue weighted by atomic mass is 32.1. The van der Waals surface area contributed by atoms with E-state index in [2.05, 4.69) is 15.3 Å². The van der Waals surface area contributed by atoms with Gasteiger partial charge in [0.05, 0.1) is 27.3 Å². The molecule has 2 N–H and O–H groups in total. The molecular formula is C24H26FN5O3S. The van der Waals surface area contributed by atoms with Gasteiger partial charge in [-0.2, -0.15) is 4.39 Å². The molecule has 8 nitrogen and oxygen atoms in total. The Morgan fingerprint density at radius 1 is 1.29 bits per heavy atom. The Morgan fingerprint density at radius 3 is 2.88 bits per heavy atom. The number of halogens is 1. The van der Waals surface area contributed by atoms with Gasteiger partial charge < -0.3 is 19.9 Å². The second-order valence-corrected chi connectivity index (χ2v) is 8.92. The average Bonchev–Trinajstić information content (AvgIpc) is 3.41. The Labute approximate surface area is 200 Å². The molecule has 178 valence electrons. The number of aromatic nitrogens is 3. The third kappa shape index (κ3) is 5.02. The summed E-state index contributed by atoms with van der Waals surface area (Å²) < 4.78 is 20.5. The summed E-state index contributed by atoms with van der Waals surface area (Å²) in [4.78, 5) is 34.9. The summed E-state index contributed by atoms with van der Waals surface area (Å²) in [5.74, 6) is -0.855. The summed E-state index contributed by atoms with van der Waals surface area (Å²) in [6.07, 6.45) is 2.21. The number of thiophene rings is 1. The minimum atomic E-state index is -0.570. The number of carbonyl (C=O) groups excluding carboxylic acids is 1. The largest absolute Gasteiger partial charge is 0.382 e. The molecule has 0 unspecified atom stereocenters. The van der Waals surface area contributed by atoms with E-state index in [1.165, 1.54) is 28.2 Å². The number of anilines is 2. The number of rotatable bonds is 9. The lowest BCUT2D eigenvalue weighted by molar-refractivity contribution is 0.103. The zero-order chi connectivity index (χ0) is 24.2. The molecule has 0 saturated heterocycles. The van der Waals surface area contributed by atoms with Gasteiger partial charge >= 0.3 is 5.69 Å². The molecule has 0 aliphatic rings. The van der Waals surface area contributed by atoms with Crippen molar-refractivity contribution in [2.24, 2.45) is 7.05 Å². The summed E-state index contributed by atoms with van der Waals surface area (Å²) in [6.45, 7) is 3.97. The Balaban J connectivity index is 1.62. The topological polar surface area (TPSA) is 92.2 Å². The highest BCUT2D eigenvalue weighted by Crippen LogP contribution is 2.32. The molecule has 4 aromatic rings. The number of benzene rings is 1. The maximum absolute atomic E-state index is 13.5. The van der Waals surface area contributed by atoms with Crippen molar-refractivity contribution in [1.29, 1.82) is 0 Å². The van der Waals surface area contributed by atoms with E-state index < -0.39 is 5.95 Å². The summed E-state index contributed by atoms with van der Waals surface area (Å²) in [5.41, 5.74) is 3.19. The standard InChI is InChI=1S/C24H26FN5O3S/c1-4-33-11-5-10-29(2)18-14-19-17(28-24(32)30(19)3)13-16(18)27-23(31)21-7-6-20(34-21)15-8-9-26-22(25)12-15/h6-9,12-14H,4-5,10-11H2,1-3H3,(H,27,31)(H,28,32). The van der Waals surface area contributed by atoms with Crippen LogP contribution < -0.4 is 15.9 Å². The second-order valence-electron chi connectivity index (χ2n) is 7.83. The third-order valence-electron chi connectivity index (χ3n) is 5.51. The number of pyridine rings is 1. The van der Waals surface area contributed by atoms with E-state index in [-0.39, 0.29) is 11.6 Å². The molecule has 3 heterocycles. The minimum absolute atomic E-state index is 0.226. The van der Waals surface area contributed by atoms with E-state index >= 15 is 0 Å². The number of aryl methyl sites for hydroxylation is 1. The fourth-order valence-electron chi connectivity index (χ4n) is 3.70. The van der Waals surface area contributed by atoms with Crippen molar-refractivity contribution >= 4 is 39.7 Å². The number of imidazole rings is 1. The smallest absolute Gasteiger partial charge is 0.326 e. The summed E-state index contributed by atoms with van der Waals surface area (Å²) in [7, 11) is 3.64. The van der Waals surface area contributed by atoms with Crippen LogP contribution in [0.3, 0.4) is 0 Å². The first kappa shape index (κ1) is 23.7. The van der Waals surface area contributed by atoms with E-state index in [1.54, 1.807) is 31.3 Å². The van der Waals surface area contributed by atoms with Crippen LogP contribution >= 0.6 is 11.3 Å². The molecule has 0 radical (unpaired) electrons. The highest BCUT2D eigenvalue weighted by molar-refractivity contribution is 7.17. The van der Waals surface area contributed by atoms with E-state index in [4.69, 9.17) is 4.74 Å². The van der Waals surface area contributed by atoms with Gasteiger partial charge in [0, 0.05) is 51.0 Å². The number of amides is 1. The average molecular weight is 484 g/mol. The Kier molecular flexibility index (Phi) is 7.09. The number of fused-ring (bicyclic) bond motifs is 1. The lowest BCUT2D eigenvalue weighted by atomic mass is 10.2. The molecule has 0 aliphatic carbocycles. The normalized spacial score (nSPS) is 11.2. The van der Waals surface area contributed by atoms with Gasteiger partial charge in [-0.1, -0.05) is 0 Å². The van der Waals surface area contributed by atoms with Crippen LogP contribution in [0.4, 0.5) is 15.8 Å². The lowest BCUT2D eigenvalue weighted by Gasteiger charge is -2.23. The van der Waals surface area contributed by atoms with Gasteiger partial charge in [-0.25, -0.2) is 9.78 Å². The van der Waals surface area contributed by atoms with Gasteiger partial charge in [-0.05, 0) is 49.2 Å². The maximum Gasteiger partial charge on any atom is 0.326 e. The maximum atomic E-state index is 13.5. The molecule has 4 rings (SSSR count). The molecule has 0 saturated carbocycles. The van der Waals surface area contributed by atoms with Crippen molar-refractivity contribution in [3.05, 3.63) is 63.9 Å². The molecule has 10 heteroatoms. The number of hydrogen-bond donors (Lipinski definition) is 2. The van der Waals surface area contributed by atoms with Crippen LogP contribution in [0.2, 0.25) is 0 Å². The Bertz CT molecular complexity index is 1380. The van der Waals surface area contributed by atoms with E-state index in [0.29, 0.717) is 41.4 Å². The van der Waals surface area contributed by atoms with E-state index in [0.717, 1.165) is 22.5 Å². The predicted octanol–water partition coefficient (Wildman–Crippen LogP) is 4.24. The van der Waals surface area contributed by atoms with Crippen LogP contribution in [0.15, 0.2) is 47.4 Å². The fraction of sp³-hybridized carbons (Fsp3) is 0.292. The molecule has 0 bridgehead atoms. The first-order valence-electron chi connectivity index (χ1n) is 10.9. The van der Waals surface area contributed by atoms with Crippen LogP contribution in [-0.2, 0) is 11.8 Å². The summed E-state index contributed by atoms with van der Waals surface area (Å²) in [5, 5.41) is 2.99. The van der Waals surface area contributed by atoms with Gasteiger partial charge in [0.1, 0.15) is 0 Å². The predicted molar refractivity (Wildman–Crippen MR) is 133 cm³/mol. The van der Waals surface area contributed by atoms with Crippen LogP contribution in [0.1, 0.15) is 23.0 Å². The number of nitrogens with zero attached hydrogens (tertiary/aromatic N) is 3. The van der Waals surface area contributed by atoms with Gasteiger partial charge in [0.25, 0.3) is 5.91 Å². The van der Waals surface area contributed by atoms with Crippen molar-refractivity contribution in [3.63, 3.8) is 0 Å². The van der Waals surface area contributed by atoms with Crippen LogP contribution in [0.5, 0.6) is 0 Å². The van der Waals surface area contributed by atoms with Crippen LogP contribution in [0.25, 0.3) is 21.5 Å². The molecule has 0 aliphatic heterocycles. The number of hydrogen-bond acceptors (Lipinski definition) is 6. The minimum Gasteiger partial charge on any atom is -0.382 e. The van der Waals surface area contributed by atoms with Gasteiger partial charge in [0.15, 0.2) is 0 Å². The molecule has 0 fully saturated rings. The number of nitrogens with one attached hydrogen (secondary N) is 2. The van der Waals surface area contributed by atoms with Crippen LogP contribution in [-0.4, -0.2) is 47.2 Å². The lowest BCUT2D eigenvalue weighted by Crippen LogP contribution is -2.22. The van der Waals surface area contributed by atoms with E-state index in [9.17, 15) is 14.0 Å². The zero-order valence-electron chi connectivity index (χ0n) is 19.2. The van der Waals surface area contributed by atoms with Crippen LogP contribution in [0, 0.1) is 5.95 Å². The SMILES string of the molecule is CCOCCCN(C)c1cc2c(cc1NC(=O)c1ccc(-c3ccnc(F)c3)s1)[nH]c(=O)n2C. The fourth-order valence-corrected chi connectivity index (χ4v) is 4.60. The first-order valence-corrected chi connectivity index (χ1v) is 11.7. The third-order valence-corrected chi connectivity index (χ3v) is 6.64. The summed E-state index contributed by atoms with van der Waals surface area (Å²) in [6, 6.07) is 10.2.